The number of anilines is 2. The fourth-order valence-corrected chi connectivity index (χ4v) is 4.08. The molecule has 2 aromatic rings. The molecule has 2 aliphatic rings. The van der Waals surface area contributed by atoms with Crippen LogP contribution < -0.4 is 16.6 Å². The van der Waals surface area contributed by atoms with E-state index in [-0.39, 0.29) is 34.2 Å². The lowest BCUT2D eigenvalue weighted by Crippen LogP contribution is -2.37. The number of carbonyl (C=O) groups is 1. The van der Waals surface area contributed by atoms with Crippen LogP contribution in [0, 0.1) is 15.5 Å². The fourth-order valence-electron chi connectivity index (χ4n) is 4.08. The molecule has 28 heavy (non-hydrogen) atoms. The second-order valence-corrected chi connectivity index (χ2v) is 7.96. The van der Waals surface area contributed by atoms with Crippen LogP contribution in [0.15, 0.2) is 40.3 Å². The van der Waals surface area contributed by atoms with Gasteiger partial charge < -0.3 is 11.1 Å². The van der Waals surface area contributed by atoms with Crippen molar-refractivity contribution in [1.29, 1.82) is 0 Å². The lowest BCUT2D eigenvalue weighted by atomic mass is 9.69. The molecule has 2 heterocycles. The molecular weight excluding hydrogens is 362 g/mol. The lowest BCUT2D eigenvalue weighted by molar-refractivity contribution is -0.384. The van der Waals surface area contributed by atoms with Crippen LogP contribution in [0.2, 0.25) is 0 Å². The number of non-ortho nitro benzene ring substituents is 1. The zero-order valence-electron chi connectivity index (χ0n) is 15.4. The molecule has 1 aromatic carbocycles. The lowest BCUT2D eigenvalue weighted by Gasteiger charge is -2.38. The van der Waals surface area contributed by atoms with Gasteiger partial charge in [0.25, 0.3) is 11.2 Å². The Hall–Kier alpha value is -3.49. The van der Waals surface area contributed by atoms with Crippen LogP contribution in [-0.4, -0.2) is 20.7 Å². The van der Waals surface area contributed by atoms with Gasteiger partial charge in [-0.05, 0) is 17.4 Å². The summed E-state index contributed by atoms with van der Waals surface area (Å²) in [6, 6.07) is 6.00. The van der Waals surface area contributed by atoms with Crippen molar-refractivity contribution in [2.75, 3.05) is 11.1 Å². The van der Waals surface area contributed by atoms with Crippen LogP contribution in [-0.2, 0) is 4.79 Å². The summed E-state index contributed by atoms with van der Waals surface area (Å²) in [6.45, 7) is 3.99. The average molecular weight is 381 g/mol. The molecule has 9 heteroatoms. The highest BCUT2D eigenvalue weighted by Gasteiger charge is 2.42. The van der Waals surface area contributed by atoms with Crippen molar-refractivity contribution in [3.8, 4) is 0 Å². The number of hydrogen-bond donors (Lipinski definition) is 3. The van der Waals surface area contributed by atoms with E-state index < -0.39 is 16.4 Å². The highest BCUT2D eigenvalue weighted by Crippen LogP contribution is 2.47. The number of aromatic nitrogens is 2. The number of nitro benzene ring substituents is 1. The molecule has 4 N–H and O–H groups in total. The zero-order chi connectivity index (χ0) is 20.2. The summed E-state index contributed by atoms with van der Waals surface area (Å²) in [5, 5.41) is 14.4. The Balaban J connectivity index is 2.00. The monoisotopic (exact) mass is 381 g/mol. The number of fused-ring (bicyclic) bond motifs is 1. The van der Waals surface area contributed by atoms with Gasteiger partial charge >= 0.3 is 0 Å². The zero-order valence-corrected chi connectivity index (χ0v) is 15.4. The number of nitrogens with two attached hydrogens (primary N) is 1. The van der Waals surface area contributed by atoms with Crippen molar-refractivity contribution in [1.82, 2.24) is 9.97 Å². The summed E-state index contributed by atoms with van der Waals surface area (Å²) in [5.74, 6) is -0.592. The minimum Gasteiger partial charge on any atom is -0.369 e. The molecule has 0 amide bonds. The molecule has 0 saturated heterocycles. The molecule has 144 valence electrons. The van der Waals surface area contributed by atoms with E-state index in [0.29, 0.717) is 29.7 Å². The Morgan fingerprint density at radius 3 is 2.75 bits per heavy atom. The van der Waals surface area contributed by atoms with E-state index in [4.69, 9.17) is 5.73 Å². The fraction of sp³-hybridized carbons (Fsp3) is 0.316. The van der Waals surface area contributed by atoms with Gasteiger partial charge in [0, 0.05) is 35.7 Å². The molecule has 0 radical (unpaired) electrons. The molecule has 9 nitrogen and oxygen atoms in total. The van der Waals surface area contributed by atoms with Crippen molar-refractivity contribution in [3.05, 3.63) is 67.1 Å². The van der Waals surface area contributed by atoms with Crippen molar-refractivity contribution in [2.24, 2.45) is 5.41 Å². The van der Waals surface area contributed by atoms with Crippen molar-refractivity contribution < 1.29 is 9.72 Å². The van der Waals surface area contributed by atoms with Gasteiger partial charge in [-0.15, -0.1) is 0 Å². The number of Topliss-reactive ketones (excluding diaryl/α,β-unsaturated/α-hetero) is 1. The molecule has 1 aliphatic heterocycles. The summed E-state index contributed by atoms with van der Waals surface area (Å²) in [6.07, 6.45) is 0.919. The maximum atomic E-state index is 13.0. The van der Waals surface area contributed by atoms with Crippen LogP contribution in [0.3, 0.4) is 0 Å². The third kappa shape index (κ3) is 2.84. The summed E-state index contributed by atoms with van der Waals surface area (Å²) < 4.78 is 0. The largest absolute Gasteiger partial charge is 0.369 e. The minimum absolute atomic E-state index is 0.0421. The molecule has 1 aromatic heterocycles. The Bertz CT molecular complexity index is 1120. The average Bonchev–Trinajstić information content (AvgIpc) is 2.58. The van der Waals surface area contributed by atoms with Crippen LogP contribution in [0.25, 0.3) is 0 Å². The first-order valence-electron chi connectivity index (χ1n) is 8.83. The van der Waals surface area contributed by atoms with E-state index >= 15 is 0 Å². The molecule has 1 unspecified atom stereocenters. The summed E-state index contributed by atoms with van der Waals surface area (Å²) >= 11 is 0. The van der Waals surface area contributed by atoms with E-state index in [1.807, 2.05) is 13.8 Å². The van der Waals surface area contributed by atoms with Crippen molar-refractivity contribution in [3.63, 3.8) is 0 Å². The Kier molecular flexibility index (Phi) is 3.84. The molecule has 0 bridgehead atoms. The number of ketones is 1. The normalized spacial score (nSPS) is 20.2. The number of rotatable bonds is 2. The van der Waals surface area contributed by atoms with Crippen LogP contribution in [0.1, 0.15) is 43.7 Å². The number of nitrogen functional groups attached to an aromatic ring is 1. The molecule has 0 fully saturated rings. The number of nitro groups is 1. The SMILES string of the molecule is CC1(C)CC(=O)C2=C(C1)Nc1nc(N)[nH]c(=O)c1C2c1cccc([N+](=O)[O-])c1. The molecule has 0 saturated carbocycles. The Morgan fingerprint density at radius 2 is 2.04 bits per heavy atom. The van der Waals surface area contributed by atoms with E-state index in [1.54, 1.807) is 12.1 Å². The van der Waals surface area contributed by atoms with Gasteiger partial charge in [0.1, 0.15) is 5.82 Å². The number of carbonyl (C=O) groups excluding carboxylic acids is 1. The van der Waals surface area contributed by atoms with Gasteiger partial charge in [-0.25, -0.2) is 0 Å². The minimum atomic E-state index is -0.744. The van der Waals surface area contributed by atoms with E-state index in [9.17, 15) is 19.7 Å². The van der Waals surface area contributed by atoms with Gasteiger partial charge in [0.15, 0.2) is 5.78 Å². The number of allylic oxidation sites excluding steroid dienone is 2. The van der Waals surface area contributed by atoms with Crippen LogP contribution in [0.4, 0.5) is 17.5 Å². The number of hydrogen-bond acceptors (Lipinski definition) is 7. The second-order valence-electron chi connectivity index (χ2n) is 7.96. The predicted molar refractivity (Wildman–Crippen MR) is 103 cm³/mol. The number of nitrogens with one attached hydrogen (secondary N) is 2. The number of nitrogens with zero attached hydrogens (tertiary/aromatic N) is 2. The van der Waals surface area contributed by atoms with Gasteiger partial charge in [-0.3, -0.25) is 24.7 Å². The molecular formula is C19H19N5O4. The third-order valence-electron chi connectivity index (χ3n) is 5.15. The van der Waals surface area contributed by atoms with Crippen LogP contribution in [0.5, 0.6) is 0 Å². The summed E-state index contributed by atoms with van der Waals surface area (Å²) in [5.41, 5.74) is 6.74. The van der Waals surface area contributed by atoms with Crippen LogP contribution >= 0.6 is 0 Å². The maximum Gasteiger partial charge on any atom is 0.269 e. The first kappa shape index (κ1) is 17.9. The molecule has 4 rings (SSSR count). The highest BCUT2D eigenvalue weighted by atomic mass is 16.6. The maximum absolute atomic E-state index is 13.0. The molecule has 1 aliphatic carbocycles. The number of benzene rings is 1. The summed E-state index contributed by atoms with van der Waals surface area (Å²) in [4.78, 5) is 43.2. The van der Waals surface area contributed by atoms with Gasteiger partial charge in [-0.1, -0.05) is 26.0 Å². The Labute approximate surface area is 159 Å². The van der Waals surface area contributed by atoms with Gasteiger partial charge in [0.2, 0.25) is 5.95 Å². The number of aromatic amines is 1. The van der Waals surface area contributed by atoms with Crippen molar-refractivity contribution >= 4 is 23.2 Å². The van der Waals surface area contributed by atoms with Gasteiger partial charge in [0.05, 0.1) is 10.5 Å². The van der Waals surface area contributed by atoms with E-state index in [0.717, 1.165) is 0 Å². The second kappa shape index (κ2) is 6.01. The van der Waals surface area contributed by atoms with E-state index in [2.05, 4.69) is 15.3 Å². The standard InChI is InChI=1S/C19H19N5O4/c1-19(2)7-11-14(12(25)8-19)13(9-4-3-5-10(6-9)24(27)28)15-16(21-11)22-18(20)23-17(15)26/h3-6,13H,7-8H2,1-2H3,(H4,20,21,22,23,26). The smallest absolute Gasteiger partial charge is 0.269 e. The third-order valence-corrected chi connectivity index (χ3v) is 5.15. The predicted octanol–water partition coefficient (Wildman–Crippen LogP) is 2.46. The quantitative estimate of drug-likeness (QED) is 0.535. The highest BCUT2D eigenvalue weighted by molar-refractivity contribution is 6.01. The Morgan fingerprint density at radius 1 is 1.29 bits per heavy atom. The first-order valence-corrected chi connectivity index (χ1v) is 8.83. The number of H-pyrrole nitrogens is 1. The topological polar surface area (TPSA) is 144 Å². The summed E-state index contributed by atoms with van der Waals surface area (Å²) in [7, 11) is 0. The molecule has 1 atom stereocenters. The first-order chi connectivity index (χ1) is 13.2. The van der Waals surface area contributed by atoms with Crippen molar-refractivity contribution in [2.45, 2.75) is 32.6 Å². The molecule has 0 spiro atoms. The van der Waals surface area contributed by atoms with Gasteiger partial charge in [-0.2, -0.15) is 4.98 Å². The van der Waals surface area contributed by atoms with E-state index in [1.165, 1.54) is 12.1 Å².